The molecule has 1 aromatic carbocycles. The zero-order valence-electron chi connectivity index (χ0n) is 13.6. The Labute approximate surface area is 139 Å². The second-order valence-corrected chi connectivity index (χ2v) is 7.72. The monoisotopic (exact) mass is 330 g/mol. The molecular formula is C18H22N2O2S. The van der Waals surface area contributed by atoms with E-state index in [1.807, 2.05) is 66.0 Å². The predicted octanol–water partition coefficient (Wildman–Crippen LogP) is 2.68. The Hall–Kier alpha value is -1.88. The highest BCUT2D eigenvalue weighted by molar-refractivity contribution is 7.85. The topological polar surface area (TPSA) is 42.3 Å². The van der Waals surface area contributed by atoms with Gasteiger partial charge < -0.3 is 9.47 Å². The molecule has 5 heteroatoms. The molecule has 1 amide bonds. The van der Waals surface area contributed by atoms with Crippen molar-refractivity contribution in [1.29, 1.82) is 0 Å². The van der Waals surface area contributed by atoms with Crippen LogP contribution in [0.3, 0.4) is 0 Å². The maximum absolute atomic E-state index is 12.8. The minimum Gasteiger partial charge on any atom is -0.340 e. The first-order valence-corrected chi connectivity index (χ1v) is 9.40. The van der Waals surface area contributed by atoms with Gasteiger partial charge in [0, 0.05) is 48.1 Å². The number of benzene rings is 1. The number of amides is 1. The van der Waals surface area contributed by atoms with E-state index in [1.54, 1.807) is 0 Å². The van der Waals surface area contributed by atoms with E-state index < -0.39 is 10.8 Å². The number of carbonyl (C=O) groups is 1. The van der Waals surface area contributed by atoms with E-state index >= 15 is 0 Å². The fourth-order valence-electron chi connectivity index (χ4n) is 3.14. The Kier molecular flexibility index (Phi) is 4.66. The van der Waals surface area contributed by atoms with Crippen LogP contribution in [0.15, 0.2) is 42.5 Å². The van der Waals surface area contributed by atoms with Gasteiger partial charge in [-0.15, -0.1) is 0 Å². The summed E-state index contributed by atoms with van der Waals surface area (Å²) < 4.78 is 13.4. The van der Waals surface area contributed by atoms with Gasteiger partial charge in [0.15, 0.2) is 0 Å². The molecule has 1 aliphatic rings. The van der Waals surface area contributed by atoms with Crippen molar-refractivity contribution in [3.05, 3.63) is 48.2 Å². The lowest BCUT2D eigenvalue weighted by Crippen LogP contribution is -2.41. The molecule has 4 nitrogen and oxygen atoms in total. The average Bonchev–Trinajstić information content (AvgIpc) is 2.96. The van der Waals surface area contributed by atoms with Crippen LogP contribution in [0.4, 0.5) is 0 Å². The molecule has 0 atom stereocenters. The fourth-order valence-corrected chi connectivity index (χ4v) is 4.41. The first-order chi connectivity index (χ1) is 11.1. The summed E-state index contributed by atoms with van der Waals surface area (Å²) >= 11 is 0. The van der Waals surface area contributed by atoms with Gasteiger partial charge >= 0.3 is 0 Å². The van der Waals surface area contributed by atoms with Crippen molar-refractivity contribution in [2.24, 2.45) is 7.05 Å². The van der Waals surface area contributed by atoms with Gasteiger partial charge in [-0.25, -0.2) is 0 Å². The molecule has 0 bridgehead atoms. The minimum atomic E-state index is -0.704. The van der Waals surface area contributed by atoms with Gasteiger partial charge in [0.25, 0.3) is 5.91 Å². The van der Waals surface area contributed by atoms with Crippen molar-refractivity contribution < 1.29 is 9.00 Å². The largest absolute Gasteiger partial charge is 0.340 e. The molecule has 2 heterocycles. The summed E-state index contributed by atoms with van der Waals surface area (Å²) in [6.45, 7) is 0. The number of nitrogens with zero attached hydrogens (tertiary/aromatic N) is 2. The quantitative estimate of drug-likeness (QED) is 0.868. The van der Waals surface area contributed by atoms with Crippen molar-refractivity contribution in [2.75, 3.05) is 18.6 Å². The molecule has 0 spiro atoms. The lowest BCUT2D eigenvalue weighted by Gasteiger charge is -2.31. The number of rotatable bonds is 3. The zero-order chi connectivity index (χ0) is 16.4. The van der Waals surface area contributed by atoms with Crippen molar-refractivity contribution in [3.8, 4) is 11.3 Å². The van der Waals surface area contributed by atoms with Crippen LogP contribution in [0.2, 0.25) is 0 Å². The van der Waals surface area contributed by atoms with E-state index in [4.69, 9.17) is 0 Å². The van der Waals surface area contributed by atoms with E-state index in [2.05, 4.69) is 0 Å². The van der Waals surface area contributed by atoms with E-state index in [-0.39, 0.29) is 11.9 Å². The standard InChI is InChI=1S/C18H22N2O2S/c1-19(15-10-12-23(22)13-11-15)18(21)17-9-8-16(20(17)2)14-6-4-3-5-7-14/h3-9,15H,10-13H2,1-2H3. The van der Waals surface area contributed by atoms with Crippen LogP contribution in [0.5, 0.6) is 0 Å². The first kappa shape index (κ1) is 16.0. The number of carbonyl (C=O) groups excluding carboxylic acids is 1. The van der Waals surface area contributed by atoms with Crippen LogP contribution in [-0.4, -0.2) is 44.2 Å². The molecule has 1 aromatic heterocycles. The third-order valence-corrected chi connectivity index (χ3v) is 6.02. The smallest absolute Gasteiger partial charge is 0.270 e. The SMILES string of the molecule is CN(C(=O)c1ccc(-c2ccccc2)n1C)C1CCS(=O)CC1. The molecule has 0 N–H and O–H groups in total. The third kappa shape index (κ3) is 3.24. The lowest BCUT2D eigenvalue weighted by atomic mass is 10.1. The van der Waals surface area contributed by atoms with Gasteiger partial charge in [-0.2, -0.15) is 0 Å². The molecule has 23 heavy (non-hydrogen) atoms. The second kappa shape index (κ2) is 6.71. The molecule has 0 saturated carbocycles. The van der Waals surface area contributed by atoms with Crippen LogP contribution in [0.1, 0.15) is 23.3 Å². The maximum Gasteiger partial charge on any atom is 0.270 e. The summed E-state index contributed by atoms with van der Waals surface area (Å²) in [7, 11) is 3.08. The molecule has 0 radical (unpaired) electrons. The fraction of sp³-hybridized carbons (Fsp3) is 0.389. The van der Waals surface area contributed by atoms with E-state index in [9.17, 15) is 9.00 Å². The first-order valence-electron chi connectivity index (χ1n) is 7.91. The number of aromatic nitrogens is 1. The highest BCUT2D eigenvalue weighted by Gasteiger charge is 2.27. The minimum absolute atomic E-state index is 0.0346. The summed E-state index contributed by atoms with van der Waals surface area (Å²) in [5, 5.41) is 0. The third-order valence-electron chi connectivity index (χ3n) is 4.64. The molecule has 1 fully saturated rings. The number of hydrogen-bond acceptors (Lipinski definition) is 2. The highest BCUT2D eigenvalue weighted by atomic mass is 32.2. The van der Waals surface area contributed by atoms with E-state index in [1.165, 1.54) is 0 Å². The summed E-state index contributed by atoms with van der Waals surface area (Å²) in [6, 6.07) is 14.1. The van der Waals surface area contributed by atoms with Crippen LogP contribution >= 0.6 is 0 Å². The van der Waals surface area contributed by atoms with Crippen molar-refractivity contribution in [1.82, 2.24) is 9.47 Å². The molecule has 1 saturated heterocycles. The molecular weight excluding hydrogens is 308 g/mol. The Balaban J connectivity index is 1.80. The Morgan fingerprint density at radius 1 is 1.13 bits per heavy atom. The van der Waals surface area contributed by atoms with Crippen LogP contribution in [0, 0.1) is 0 Å². The van der Waals surface area contributed by atoms with Gasteiger partial charge in [0.05, 0.1) is 0 Å². The predicted molar refractivity (Wildman–Crippen MR) is 93.8 cm³/mol. The maximum atomic E-state index is 12.8. The molecule has 3 rings (SSSR count). The Morgan fingerprint density at radius 3 is 2.43 bits per heavy atom. The van der Waals surface area contributed by atoms with Crippen LogP contribution in [-0.2, 0) is 17.8 Å². The Morgan fingerprint density at radius 2 is 1.78 bits per heavy atom. The summed E-state index contributed by atoms with van der Waals surface area (Å²) in [5.41, 5.74) is 2.83. The highest BCUT2D eigenvalue weighted by Crippen LogP contribution is 2.23. The Bertz CT molecular complexity index is 714. The van der Waals surface area contributed by atoms with Gasteiger partial charge in [-0.05, 0) is 30.5 Å². The van der Waals surface area contributed by atoms with E-state index in [0.29, 0.717) is 17.2 Å². The van der Waals surface area contributed by atoms with Gasteiger partial charge in [0.2, 0.25) is 0 Å². The van der Waals surface area contributed by atoms with Crippen molar-refractivity contribution in [3.63, 3.8) is 0 Å². The summed E-state index contributed by atoms with van der Waals surface area (Å²) in [6.07, 6.45) is 1.65. The van der Waals surface area contributed by atoms with E-state index in [0.717, 1.165) is 24.1 Å². The molecule has 0 unspecified atom stereocenters. The lowest BCUT2D eigenvalue weighted by molar-refractivity contribution is 0.0713. The molecule has 0 aliphatic carbocycles. The molecule has 122 valence electrons. The van der Waals surface area contributed by atoms with Crippen LogP contribution in [0.25, 0.3) is 11.3 Å². The zero-order valence-corrected chi connectivity index (χ0v) is 14.4. The van der Waals surface area contributed by atoms with Crippen molar-refractivity contribution >= 4 is 16.7 Å². The summed E-state index contributed by atoms with van der Waals surface area (Å²) in [5.74, 6) is 1.43. The van der Waals surface area contributed by atoms with Gasteiger partial charge in [-0.1, -0.05) is 30.3 Å². The molecule has 2 aromatic rings. The number of hydrogen-bond donors (Lipinski definition) is 0. The molecule has 1 aliphatic heterocycles. The van der Waals surface area contributed by atoms with Gasteiger partial charge in [-0.3, -0.25) is 9.00 Å². The van der Waals surface area contributed by atoms with Gasteiger partial charge in [0.1, 0.15) is 5.69 Å². The second-order valence-electron chi connectivity index (χ2n) is 6.02. The summed E-state index contributed by atoms with van der Waals surface area (Å²) in [4.78, 5) is 14.6. The normalized spacial score (nSPS) is 21.1. The average molecular weight is 330 g/mol. The van der Waals surface area contributed by atoms with Crippen LogP contribution < -0.4 is 0 Å². The van der Waals surface area contributed by atoms with Crippen molar-refractivity contribution in [2.45, 2.75) is 18.9 Å².